The van der Waals surface area contributed by atoms with E-state index in [0.29, 0.717) is 11.7 Å². The molecule has 0 spiro atoms. The van der Waals surface area contributed by atoms with E-state index in [-0.39, 0.29) is 0 Å². The lowest BCUT2D eigenvalue weighted by Crippen LogP contribution is -2.43. The van der Waals surface area contributed by atoms with Crippen molar-refractivity contribution in [1.29, 1.82) is 0 Å². The monoisotopic (exact) mass is 226 g/mol. The first kappa shape index (κ1) is 11.0. The summed E-state index contributed by atoms with van der Waals surface area (Å²) in [4.78, 5) is 0. The smallest absolute Gasteiger partial charge is 0.0819 e. The summed E-state index contributed by atoms with van der Waals surface area (Å²) in [6, 6.07) is 1.99. The van der Waals surface area contributed by atoms with Crippen LogP contribution in [-0.4, -0.2) is 31.5 Å². The van der Waals surface area contributed by atoms with Crippen LogP contribution in [-0.2, 0) is 13.5 Å². The van der Waals surface area contributed by atoms with Gasteiger partial charge in [0.2, 0.25) is 0 Å². The van der Waals surface area contributed by atoms with E-state index in [1.807, 2.05) is 31.1 Å². The van der Waals surface area contributed by atoms with E-state index in [9.17, 15) is 5.11 Å². The molecular weight excluding hydrogens is 208 g/mol. The molecular formula is C11H18N2OS. The van der Waals surface area contributed by atoms with Gasteiger partial charge < -0.3 is 5.11 Å². The van der Waals surface area contributed by atoms with Crippen molar-refractivity contribution in [2.75, 3.05) is 5.75 Å². The molecule has 84 valence electrons. The highest BCUT2D eigenvalue weighted by Gasteiger charge is 2.37. The van der Waals surface area contributed by atoms with Gasteiger partial charge in [0, 0.05) is 24.9 Å². The quantitative estimate of drug-likeness (QED) is 0.832. The van der Waals surface area contributed by atoms with Gasteiger partial charge in [0.05, 0.1) is 11.3 Å². The normalized spacial score (nSPS) is 31.8. The number of aryl methyl sites for hydroxylation is 1. The Labute approximate surface area is 94.9 Å². The minimum atomic E-state index is -0.558. The molecule has 15 heavy (non-hydrogen) atoms. The number of aliphatic hydroxyl groups is 1. The number of hydrogen-bond donors (Lipinski definition) is 1. The molecule has 1 aliphatic heterocycles. The molecule has 0 amide bonds. The van der Waals surface area contributed by atoms with Crippen LogP contribution in [0.5, 0.6) is 0 Å². The Morgan fingerprint density at radius 2 is 2.53 bits per heavy atom. The zero-order valence-corrected chi connectivity index (χ0v) is 10.1. The zero-order valence-electron chi connectivity index (χ0n) is 9.31. The van der Waals surface area contributed by atoms with E-state index >= 15 is 0 Å². The van der Waals surface area contributed by atoms with Gasteiger partial charge in [-0.25, -0.2) is 0 Å². The van der Waals surface area contributed by atoms with Crippen LogP contribution in [0.3, 0.4) is 0 Å². The summed E-state index contributed by atoms with van der Waals surface area (Å²) in [7, 11) is 1.91. The summed E-state index contributed by atoms with van der Waals surface area (Å²) < 4.78 is 1.79. The molecule has 1 fully saturated rings. The van der Waals surface area contributed by atoms with Crippen LogP contribution in [0.4, 0.5) is 0 Å². The minimum Gasteiger partial charge on any atom is -0.388 e. The van der Waals surface area contributed by atoms with Crippen LogP contribution in [0.25, 0.3) is 0 Å². The maximum Gasteiger partial charge on any atom is 0.0819 e. The largest absolute Gasteiger partial charge is 0.388 e. The molecule has 2 atom stereocenters. The van der Waals surface area contributed by atoms with Crippen LogP contribution < -0.4 is 0 Å². The third-order valence-corrected chi connectivity index (χ3v) is 4.60. The van der Waals surface area contributed by atoms with E-state index in [4.69, 9.17) is 0 Å². The Bertz CT molecular complexity index is 339. The highest BCUT2D eigenvalue weighted by atomic mass is 32.2. The number of hydrogen-bond acceptors (Lipinski definition) is 3. The van der Waals surface area contributed by atoms with E-state index in [2.05, 4.69) is 12.0 Å². The minimum absolute atomic E-state index is 0.313. The average Bonchev–Trinajstić information content (AvgIpc) is 2.57. The third kappa shape index (κ3) is 2.37. The molecule has 0 aliphatic carbocycles. The molecule has 1 aromatic rings. The Kier molecular flexibility index (Phi) is 3.07. The lowest BCUT2D eigenvalue weighted by atomic mass is 9.89. The van der Waals surface area contributed by atoms with Crippen molar-refractivity contribution in [3.05, 3.63) is 18.0 Å². The van der Waals surface area contributed by atoms with Crippen molar-refractivity contribution in [1.82, 2.24) is 9.78 Å². The molecule has 1 saturated heterocycles. The summed E-state index contributed by atoms with van der Waals surface area (Å²) in [5.41, 5.74) is 0.437. The maximum atomic E-state index is 10.5. The van der Waals surface area contributed by atoms with Crippen molar-refractivity contribution < 1.29 is 5.11 Å². The lowest BCUT2D eigenvalue weighted by Gasteiger charge is -2.37. The second-order valence-electron chi connectivity index (χ2n) is 4.38. The Hall–Kier alpha value is -0.480. The fraction of sp³-hybridized carbons (Fsp3) is 0.727. The first-order valence-electron chi connectivity index (χ1n) is 5.43. The van der Waals surface area contributed by atoms with Crippen molar-refractivity contribution in [2.45, 2.75) is 37.0 Å². The molecule has 2 heterocycles. The zero-order chi connectivity index (χ0) is 10.9. The first-order chi connectivity index (χ1) is 7.10. The van der Waals surface area contributed by atoms with Gasteiger partial charge in [-0.2, -0.15) is 16.9 Å². The van der Waals surface area contributed by atoms with Crippen LogP contribution in [0, 0.1) is 0 Å². The highest BCUT2D eigenvalue weighted by molar-refractivity contribution is 8.00. The summed E-state index contributed by atoms with van der Waals surface area (Å²) in [5.74, 6) is 1.17. The molecule has 2 rings (SSSR count). The first-order valence-corrected chi connectivity index (χ1v) is 6.47. The molecule has 1 aliphatic rings. The van der Waals surface area contributed by atoms with E-state index < -0.39 is 5.60 Å². The second kappa shape index (κ2) is 4.18. The molecule has 1 aromatic heterocycles. The summed E-state index contributed by atoms with van der Waals surface area (Å²) in [6.07, 6.45) is 4.62. The second-order valence-corrected chi connectivity index (χ2v) is 5.83. The van der Waals surface area contributed by atoms with E-state index in [1.165, 1.54) is 5.75 Å². The number of nitrogens with zero attached hydrogens (tertiary/aromatic N) is 2. The van der Waals surface area contributed by atoms with Crippen molar-refractivity contribution in [3.63, 3.8) is 0 Å². The molecule has 0 radical (unpaired) electrons. The number of aromatic nitrogens is 2. The fourth-order valence-electron chi connectivity index (χ4n) is 2.10. The maximum absolute atomic E-state index is 10.5. The molecule has 0 saturated carbocycles. The molecule has 3 nitrogen and oxygen atoms in total. The predicted molar refractivity (Wildman–Crippen MR) is 63.0 cm³/mol. The van der Waals surface area contributed by atoms with Gasteiger partial charge in [-0.05, 0) is 24.7 Å². The molecule has 0 aromatic carbocycles. The number of rotatable bonds is 2. The third-order valence-electron chi connectivity index (χ3n) is 3.13. The van der Waals surface area contributed by atoms with E-state index in [0.717, 1.165) is 18.5 Å². The van der Waals surface area contributed by atoms with Crippen molar-refractivity contribution in [2.24, 2.45) is 7.05 Å². The average molecular weight is 226 g/mol. The van der Waals surface area contributed by atoms with E-state index in [1.54, 1.807) is 4.68 Å². The van der Waals surface area contributed by atoms with Crippen LogP contribution in [0.2, 0.25) is 0 Å². The lowest BCUT2D eigenvalue weighted by molar-refractivity contribution is 0.0287. The predicted octanol–water partition coefficient (Wildman–Crippen LogP) is 1.61. The van der Waals surface area contributed by atoms with Crippen LogP contribution >= 0.6 is 11.8 Å². The highest BCUT2D eigenvalue weighted by Crippen LogP contribution is 2.35. The van der Waals surface area contributed by atoms with Crippen molar-refractivity contribution in [3.8, 4) is 0 Å². The van der Waals surface area contributed by atoms with Crippen LogP contribution in [0.1, 0.15) is 25.5 Å². The van der Waals surface area contributed by atoms with Gasteiger partial charge in [0.25, 0.3) is 0 Å². The number of thioether (sulfide) groups is 1. The van der Waals surface area contributed by atoms with Gasteiger partial charge in [-0.1, -0.05) is 6.92 Å². The standard InChI is InChI=1S/C11H18N2OS/c1-9-11(14,5-3-7-15-9)8-10-4-6-13(2)12-10/h4,6,9,14H,3,5,7-8H2,1-2H3. The molecule has 4 heteroatoms. The molecule has 1 N–H and O–H groups in total. The molecule has 2 unspecified atom stereocenters. The molecule has 0 bridgehead atoms. The Morgan fingerprint density at radius 1 is 1.73 bits per heavy atom. The summed E-state index contributed by atoms with van der Waals surface area (Å²) >= 11 is 1.87. The van der Waals surface area contributed by atoms with Gasteiger partial charge in [-0.3, -0.25) is 4.68 Å². The van der Waals surface area contributed by atoms with Gasteiger partial charge >= 0.3 is 0 Å². The Balaban J connectivity index is 2.08. The Morgan fingerprint density at radius 3 is 3.13 bits per heavy atom. The van der Waals surface area contributed by atoms with Crippen molar-refractivity contribution >= 4 is 11.8 Å². The summed E-state index contributed by atoms with van der Waals surface area (Å²) in [5, 5.41) is 15.2. The fourth-order valence-corrected chi connectivity index (χ4v) is 3.28. The summed E-state index contributed by atoms with van der Waals surface area (Å²) in [6.45, 7) is 2.12. The topological polar surface area (TPSA) is 38.0 Å². The SMILES string of the molecule is CC1SCCCC1(O)Cc1ccn(C)n1. The van der Waals surface area contributed by atoms with Gasteiger partial charge in [-0.15, -0.1) is 0 Å². The van der Waals surface area contributed by atoms with Gasteiger partial charge in [0.15, 0.2) is 0 Å². The van der Waals surface area contributed by atoms with Gasteiger partial charge in [0.1, 0.15) is 0 Å². The van der Waals surface area contributed by atoms with Crippen LogP contribution in [0.15, 0.2) is 12.3 Å².